The van der Waals surface area contributed by atoms with Gasteiger partial charge in [0.2, 0.25) is 0 Å². The number of hydrogen-bond acceptors (Lipinski definition) is 3. The van der Waals surface area contributed by atoms with Gasteiger partial charge in [-0.15, -0.1) is 11.3 Å². The Morgan fingerprint density at radius 1 is 1.03 bits per heavy atom. The monoisotopic (exact) mass is 438 g/mol. The van der Waals surface area contributed by atoms with Crippen LogP contribution in [0.1, 0.15) is 56.1 Å². The van der Waals surface area contributed by atoms with Gasteiger partial charge in [0, 0.05) is 46.4 Å². The number of hydrogen-bond donors (Lipinski definition) is 0. The SMILES string of the molecule is CC(C)(C)c1cc(-c2csc(-c3ccc(C(=O)N4CCCCC4)cc3Cl)c2)ccn1. The molecule has 0 saturated carbocycles. The average molecular weight is 439 g/mol. The highest BCUT2D eigenvalue weighted by atomic mass is 35.5. The van der Waals surface area contributed by atoms with E-state index in [1.807, 2.05) is 35.4 Å². The summed E-state index contributed by atoms with van der Waals surface area (Å²) in [6.07, 6.45) is 5.25. The highest BCUT2D eigenvalue weighted by Gasteiger charge is 2.20. The molecule has 0 unspecified atom stereocenters. The molecule has 2 aromatic heterocycles. The summed E-state index contributed by atoms with van der Waals surface area (Å²) in [5.41, 5.74) is 5.04. The van der Waals surface area contributed by atoms with E-state index in [-0.39, 0.29) is 11.3 Å². The summed E-state index contributed by atoms with van der Waals surface area (Å²) in [6.45, 7) is 8.20. The van der Waals surface area contributed by atoms with Crippen LogP contribution in [-0.4, -0.2) is 28.9 Å². The molecule has 1 aliphatic rings. The predicted octanol–water partition coefficient (Wildman–Crippen LogP) is 7.05. The first kappa shape index (κ1) is 21.1. The van der Waals surface area contributed by atoms with E-state index < -0.39 is 0 Å². The molecule has 5 heteroatoms. The van der Waals surface area contributed by atoms with Crippen LogP contribution in [0.2, 0.25) is 5.02 Å². The zero-order chi connectivity index (χ0) is 21.3. The fourth-order valence-electron chi connectivity index (χ4n) is 3.78. The molecule has 156 valence electrons. The molecule has 1 aromatic carbocycles. The van der Waals surface area contributed by atoms with Crippen LogP contribution < -0.4 is 0 Å². The molecule has 1 aliphatic heterocycles. The number of likely N-dealkylation sites (tertiary alicyclic amines) is 1. The van der Waals surface area contributed by atoms with Gasteiger partial charge in [-0.2, -0.15) is 0 Å². The number of rotatable bonds is 3. The van der Waals surface area contributed by atoms with E-state index in [0.29, 0.717) is 10.6 Å². The van der Waals surface area contributed by atoms with E-state index in [9.17, 15) is 4.79 Å². The first-order valence-corrected chi connectivity index (χ1v) is 11.7. The fraction of sp³-hybridized carbons (Fsp3) is 0.360. The van der Waals surface area contributed by atoms with Gasteiger partial charge in [0.1, 0.15) is 0 Å². The lowest BCUT2D eigenvalue weighted by Gasteiger charge is -2.26. The molecule has 4 rings (SSSR count). The Bertz CT molecular complexity index is 1060. The third-order valence-corrected chi connectivity index (χ3v) is 6.86. The number of aromatic nitrogens is 1. The number of nitrogens with zero attached hydrogens (tertiary/aromatic N) is 2. The lowest BCUT2D eigenvalue weighted by molar-refractivity contribution is 0.0724. The predicted molar refractivity (Wildman–Crippen MR) is 126 cm³/mol. The molecule has 1 fully saturated rings. The number of piperidine rings is 1. The van der Waals surface area contributed by atoms with Crippen molar-refractivity contribution in [2.45, 2.75) is 45.4 Å². The van der Waals surface area contributed by atoms with Crippen molar-refractivity contribution in [2.75, 3.05) is 13.1 Å². The van der Waals surface area contributed by atoms with Gasteiger partial charge >= 0.3 is 0 Å². The lowest BCUT2D eigenvalue weighted by Crippen LogP contribution is -2.35. The summed E-state index contributed by atoms with van der Waals surface area (Å²) >= 11 is 8.28. The number of pyridine rings is 1. The van der Waals surface area contributed by atoms with Crippen LogP contribution in [0.4, 0.5) is 0 Å². The largest absolute Gasteiger partial charge is 0.339 e. The van der Waals surface area contributed by atoms with Crippen LogP contribution in [0.3, 0.4) is 0 Å². The van der Waals surface area contributed by atoms with Gasteiger partial charge in [0.15, 0.2) is 0 Å². The summed E-state index contributed by atoms with van der Waals surface area (Å²) in [5.74, 6) is 0.0847. The van der Waals surface area contributed by atoms with Crippen molar-refractivity contribution in [2.24, 2.45) is 0 Å². The molecule has 1 amide bonds. The lowest BCUT2D eigenvalue weighted by atomic mass is 9.90. The highest BCUT2D eigenvalue weighted by molar-refractivity contribution is 7.14. The van der Waals surface area contributed by atoms with Crippen molar-refractivity contribution in [3.05, 3.63) is 64.3 Å². The van der Waals surface area contributed by atoms with E-state index in [4.69, 9.17) is 11.6 Å². The normalized spacial score (nSPS) is 14.7. The second-order valence-corrected chi connectivity index (χ2v) is 10.2. The Labute approximate surface area is 187 Å². The third-order valence-electron chi connectivity index (χ3n) is 5.59. The number of thiophene rings is 1. The quantitative estimate of drug-likeness (QED) is 0.438. The topological polar surface area (TPSA) is 33.2 Å². The third kappa shape index (κ3) is 4.45. The molecule has 0 bridgehead atoms. The molecule has 30 heavy (non-hydrogen) atoms. The van der Waals surface area contributed by atoms with E-state index in [2.05, 4.69) is 43.3 Å². The van der Waals surface area contributed by atoms with Crippen molar-refractivity contribution in [3.63, 3.8) is 0 Å². The number of halogens is 1. The summed E-state index contributed by atoms with van der Waals surface area (Å²) in [4.78, 5) is 20.3. The van der Waals surface area contributed by atoms with Crippen molar-refractivity contribution in [1.29, 1.82) is 0 Å². The van der Waals surface area contributed by atoms with Crippen molar-refractivity contribution < 1.29 is 4.79 Å². The Hall–Kier alpha value is -2.17. The van der Waals surface area contributed by atoms with Gasteiger partial charge in [-0.1, -0.05) is 38.4 Å². The maximum Gasteiger partial charge on any atom is 0.253 e. The van der Waals surface area contributed by atoms with Gasteiger partial charge in [-0.25, -0.2) is 0 Å². The minimum atomic E-state index is 0.00882. The van der Waals surface area contributed by atoms with E-state index in [1.54, 1.807) is 11.3 Å². The van der Waals surface area contributed by atoms with E-state index >= 15 is 0 Å². The standard InChI is InChI=1S/C25H27ClN2OS/c1-25(2,3)23-15-17(9-10-27-23)19-14-22(30-16-19)20-8-7-18(13-21(20)26)24(29)28-11-5-4-6-12-28/h7-10,13-16H,4-6,11-12H2,1-3H3. The van der Waals surface area contributed by atoms with E-state index in [0.717, 1.165) is 53.2 Å². The minimum absolute atomic E-state index is 0.00882. The number of carbonyl (C=O) groups is 1. The molecular formula is C25H27ClN2OS. The number of benzene rings is 1. The molecule has 0 atom stereocenters. The Kier molecular flexibility index (Phi) is 5.99. The smallest absolute Gasteiger partial charge is 0.253 e. The van der Waals surface area contributed by atoms with Crippen molar-refractivity contribution in [3.8, 4) is 21.6 Å². The highest BCUT2D eigenvalue weighted by Crippen LogP contribution is 2.37. The van der Waals surface area contributed by atoms with Gasteiger partial charge in [0.05, 0.1) is 5.02 Å². The second kappa shape index (κ2) is 8.52. The zero-order valence-corrected chi connectivity index (χ0v) is 19.3. The molecule has 3 nitrogen and oxygen atoms in total. The molecule has 1 saturated heterocycles. The Morgan fingerprint density at radius 3 is 2.50 bits per heavy atom. The maximum atomic E-state index is 12.8. The molecule has 0 aliphatic carbocycles. The summed E-state index contributed by atoms with van der Waals surface area (Å²) in [6, 6.07) is 12.1. The van der Waals surface area contributed by atoms with Gasteiger partial charge in [-0.05, 0) is 66.1 Å². The van der Waals surface area contributed by atoms with Crippen LogP contribution in [0.5, 0.6) is 0 Å². The zero-order valence-electron chi connectivity index (χ0n) is 17.7. The molecule has 3 heterocycles. The molecular weight excluding hydrogens is 412 g/mol. The average Bonchev–Trinajstić information content (AvgIpc) is 3.23. The number of amides is 1. The van der Waals surface area contributed by atoms with Gasteiger partial charge < -0.3 is 4.90 Å². The van der Waals surface area contributed by atoms with Gasteiger partial charge in [0.25, 0.3) is 5.91 Å². The van der Waals surface area contributed by atoms with Crippen LogP contribution in [-0.2, 0) is 5.41 Å². The van der Waals surface area contributed by atoms with Crippen molar-refractivity contribution in [1.82, 2.24) is 9.88 Å². The first-order chi connectivity index (χ1) is 14.3. The Morgan fingerprint density at radius 2 is 1.80 bits per heavy atom. The summed E-state index contributed by atoms with van der Waals surface area (Å²) in [5, 5.41) is 2.77. The molecule has 0 spiro atoms. The van der Waals surface area contributed by atoms with Crippen LogP contribution in [0.25, 0.3) is 21.6 Å². The first-order valence-electron chi connectivity index (χ1n) is 10.5. The summed E-state index contributed by atoms with van der Waals surface area (Å²) < 4.78 is 0. The summed E-state index contributed by atoms with van der Waals surface area (Å²) in [7, 11) is 0. The van der Waals surface area contributed by atoms with Crippen LogP contribution in [0, 0.1) is 0 Å². The van der Waals surface area contributed by atoms with Crippen LogP contribution >= 0.6 is 22.9 Å². The second-order valence-electron chi connectivity index (χ2n) is 8.93. The molecule has 0 N–H and O–H groups in total. The minimum Gasteiger partial charge on any atom is -0.339 e. The van der Waals surface area contributed by atoms with E-state index in [1.165, 1.54) is 6.42 Å². The molecule has 3 aromatic rings. The van der Waals surface area contributed by atoms with Crippen LogP contribution in [0.15, 0.2) is 48.0 Å². The number of carbonyl (C=O) groups excluding carboxylic acids is 1. The maximum absolute atomic E-state index is 12.8. The Balaban J connectivity index is 1.58. The van der Waals surface area contributed by atoms with Crippen molar-refractivity contribution >= 4 is 28.8 Å². The molecule has 0 radical (unpaired) electrons. The fourth-order valence-corrected chi connectivity index (χ4v) is 5.07. The van der Waals surface area contributed by atoms with Gasteiger partial charge in [-0.3, -0.25) is 9.78 Å².